The lowest BCUT2D eigenvalue weighted by molar-refractivity contribution is 0.0683. The molecule has 4 aromatic rings. The molecule has 1 aromatic carbocycles. The van der Waals surface area contributed by atoms with Crippen molar-refractivity contribution < 1.29 is 9.47 Å². The van der Waals surface area contributed by atoms with Crippen LogP contribution in [0.1, 0.15) is 30.5 Å². The molecule has 0 radical (unpaired) electrons. The molecule has 0 aliphatic heterocycles. The molecule has 10 heteroatoms. The minimum atomic E-state index is -0.422. The smallest absolute Gasteiger partial charge is 0.332 e. The minimum absolute atomic E-state index is 0.195. The summed E-state index contributed by atoms with van der Waals surface area (Å²) < 4.78 is 16.0. The van der Waals surface area contributed by atoms with Crippen molar-refractivity contribution in [2.45, 2.75) is 44.9 Å². The number of benzene rings is 1. The molecule has 0 atom stereocenters. The maximum atomic E-state index is 13.7. The summed E-state index contributed by atoms with van der Waals surface area (Å²) in [6.07, 6.45) is 4.04. The molecule has 0 amide bonds. The first-order chi connectivity index (χ1) is 16.8. The highest BCUT2D eigenvalue weighted by Crippen LogP contribution is 2.42. The van der Waals surface area contributed by atoms with E-state index in [0.717, 1.165) is 24.1 Å². The number of aromatic nitrogens is 5. The molecule has 1 aliphatic carbocycles. The Morgan fingerprint density at radius 1 is 1.09 bits per heavy atom. The lowest BCUT2D eigenvalue weighted by atomic mass is 10.2. The van der Waals surface area contributed by atoms with Gasteiger partial charge in [0.2, 0.25) is 0 Å². The van der Waals surface area contributed by atoms with Gasteiger partial charge in [0.05, 0.1) is 18.3 Å². The topological polar surface area (TPSA) is 93.2 Å². The second kappa shape index (κ2) is 8.98. The van der Waals surface area contributed by atoms with Crippen molar-refractivity contribution in [2.24, 2.45) is 7.05 Å². The molecule has 0 bridgehead atoms. The van der Waals surface area contributed by atoms with E-state index in [0.29, 0.717) is 29.3 Å². The number of halogens is 1. The Hall–Kier alpha value is -3.43. The van der Waals surface area contributed by atoms with Gasteiger partial charge in [0.15, 0.2) is 11.2 Å². The molecule has 1 aliphatic rings. The molecule has 9 nitrogen and oxygen atoms in total. The number of methoxy groups -OCH3 is 1. The molecule has 35 heavy (non-hydrogen) atoms. The van der Waals surface area contributed by atoms with Gasteiger partial charge >= 0.3 is 11.7 Å². The van der Waals surface area contributed by atoms with Crippen molar-refractivity contribution in [3.05, 3.63) is 79.7 Å². The maximum absolute atomic E-state index is 13.7. The molecular weight excluding hydrogens is 470 g/mol. The summed E-state index contributed by atoms with van der Waals surface area (Å²) in [5, 5.41) is 0.614. The lowest BCUT2D eigenvalue weighted by Gasteiger charge is -2.15. The molecule has 0 N–H and O–H groups in total. The number of fused-ring (bicyclic) bond motifs is 1. The standard InChI is InChI=1S/C25H26ClN5O4/c1-16-4-9-19(14-27-16)35-23-28-21-20(31(23)15-17-5-7-18(26)8-6-17)22(32)30(24(33)29(21)2)13-12-25(34-3)10-11-25/h4-9,14H,10-13,15H2,1-3H3. The van der Waals surface area contributed by atoms with Gasteiger partial charge in [-0.3, -0.25) is 23.5 Å². The van der Waals surface area contributed by atoms with Crippen LogP contribution < -0.4 is 16.0 Å². The van der Waals surface area contributed by atoms with E-state index in [4.69, 9.17) is 21.1 Å². The van der Waals surface area contributed by atoms with E-state index in [9.17, 15) is 9.59 Å². The van der Waals surface area contributed by atoms with Crippen molar-refractivity contribution >= 4 is 22.8 Å². The quantitative estimate of drug-likeness (QED) is 0.370. The number of hydrogen-bond acceptors (Lipinski definition) is 6. The first kappa shape index (κ1) is 23.3. The highest BCUT2D eigenvalue weighted by Gasteiger charge is 2.42. The largest absolute Gasteiger partial charge is 0.424 e. The molecule has 1 fully saturated rings. The Balaban J connectivity index is 1.64. The molecular formula is C25H26ClN5O4. The van der Waals surface area contributed by atoms with Crippen LogP contribution in [0.3, 0.4) is 0 Å². The van der Waals surface area contributed by atoms with E-state index in [1.807, 2.05) is 25.1 Å². The second-order valence-corrected chi connectivity index (χ2v) is 9.39. The van der Waals surface area contributed by atoms with Crippen LogP contribution in [-0.2, 0) is 24.9 Å². The van der Waals surface area contributed by atoms with E-state index in [1.54, 1.807) is 43.1 Å². The summed E-state index contributed by atoms with van der Waals surface area (Å²) in [5.41, 5.74) is 1.23. The Kier molecular flexibility index (Phi) is 5.98. The van der Waals surface area contributed by atoms with Gasteiger partial charge in [-0.1, -0.05) is 23.7 Å². The van der Waals surface area contributed by atoms with E-state index < -0.39 is 11.2 Å². The minimum Gasteiger partial charge on any atom is -0.424 e. The average Bonchev–Trinajstić information content (AvgIpc) is 3.55. The SMILES string of the molecule is COC1(CCn2c(=O)c3c(nc(Oc4ccc(C)nc4)n3Cc3ccc(Cl)cc3)n(C)c2=O)CC1. The summed E-state index contributed by atoms with van der Waals surface area (Å²) in [6, 6.07) is 11.1. The van der Waals surface area contributed by atoms with Crippen molar-refractivity contribution in [3.63, 3.8) is 0 Å². The number of imidazole rings is 1. The van der Waals surface area contributed by atoms with Crippen molar-refractivity contribution in [3.8, 4) is 11.8 Å². The van der Waals surface area contributed by atoms with Crippen molar-refractivity contribution in [1.82, 2.24) is 23.7 Å². The molecule has 0 unspecified atom stereocenters. The molecule has 3 heterocycles. The zero-order valence-electron chi connectivity index (χ0n) is 19.8. The third-order valence-electron chi connectivity index (χ3n) is 6.58. The van der Waals surface area contributed by atoms with Crippen LogP contribution in [0, 0.1) is 6.92 Å². The molecule has 0 spiro atoms. The zero-order valence-corrected chi connectivity index (χ0v) is 20.6. The predicted molar refractivity (Wildman–Crippen MR) is 132 cm³/mol. The first-order valence-electron chi connectivity index (χ1n) is 11.4. The van der Waals surface area contributed by atoms with Gasteiger partial charge in [0, 0.05) is 31.4 Å². The molecule has 182 valence electrons. The van der Waals surface area contributed by atoms with Crippen LogP contribution in [-0.4, -0.2) is 36.4 Å². The van der Waals surface area contributed by atoms with Crippen molar-refractivity contribution in [2.75, 3.05) is 7.11 Å². The third-order valence-corrected chi connectivity index (χ3v) is 6.83. The number of hydrogen-bond donors (Lipinski definition) is 0. The fourth-order valence-corrected chi connectivity index (χ4v) is 4.30. The highest BCUT2D eigenvalue weighted by molar-refractivity contribution is 6.30. The van der Waals surface area contributed by atoms with Crippen LogP contribution in [0.5, 0.6) is 11.8 Å². The normalized spacial score (nSPS) is 14.4. The monoisotopic (exact) mass is 495 g/mol. The van der Waals surface area contributed by atoms with E-state index in [-0.39, 0.29) is 23.8 Å². The van der Waals surface area contributed by atoms with Gasteiger partial charge in [-0.05, 0) is 56.0 Å². The van der Waals surface area contributed by atoms with Gasteiger partial charge in [0.25, 0.3) is 5.56 Å². The summed E-state index contributed by atoms with van der Waals surface area (Å²) in [6.45, 7) is 2.45. The van der Waals surface area contributed by atoms with Gasteiger partial charge in [-0.15, -0.1) is 0 Å². The molecule has 1 saturated carbocycles. The molecule has 3 aromatic heterocycles. The summed E-state index contributed by atoms with van der Waals surface area (Å²) in [4.78, 5) is 35.6. The first-order valence-corrected chi connectivity index (χ1v) is 11.8. The average molecular weight is 496 g/mol. The molecule has 0 saturated heterocycles. The van der Waals surface area contributed by atoms with Gasteiger partial charge in [-0.25, -0.2) is 4.79 Å². The van der Waals surface area contributed by atoms with E-state index >= 15 is 0 Å². The fraction of sp³-hybridized carbons (Fsp3) is 0.360. The number of aryl methyl sites for hydroxylation is 2. The van der Waals surface area contributed by atoms with Gasteiger partial charge in [0.1, 0.15) is 5.75 Å². The van der Waals surface area contributed by atoms with Gasteiger partial charge < -0.3 is 9.47 Å². The maximum Gasteiger partial charge on any atom is 0.332 e. The van der Waals surface area contributed by atoms with E-state index in [1.165, 1.54) is 9.13 Å². The second-order valence-electron chi connectivity index (χ2n) is 8.95. The van der Waals surface area contributed by atoms with E-state index in [2.05, 4.69) is 9.97 Å². The summed E-state index contributed by atoms with van der Waals surface area (Å²) >= 11 is 6.06. The van der Waals surface area contributed by atoms with Crippen LogP contribution in [0.2, 0.25) is 5.02 Å². The summed E-state index contributed by atoms with van der Waals surface area (Å²) in [7, 11) is 3.28. The Bertz CT molecular complexity index is 1500. The zero-order chi connectivity index (χ0) is 24.7. The number of nitrogens with zero attached hydrogens (tertiary/aromatic N) is 5. The predicted octanol–water partition coefficient (Wildman–Crippen LogP) is 3.66. The van der Waals surface area contributed by atoms with Crippen LogP contribution in [0.15, 0.2) is 52.2 Å². The number of pyridine rings is 1. The highest BCUT2D eigenvalue weighted by atomic mass is 35.5. The Morgan fingerprint density at radius 2 is 1.83 bits per heavy atom. The molecule has 5 rings (SSSR count). The Labute approximate surface area is 206 Å². The fourth-order valence-electron chi connectivity index (χ4n) is 4.18. The number of ether oxygens (including phenoxy) is 2. The third kappa shape index (κ3) is 4.49. The Morgan fingerprint density at radius 3 is 2.46 bits per heavy atom. The summed E-state index contributed by atoms with van der Waals surface area (Å²) in [5.74, 6) is 0.476. The van der Waals surface area contributed by atoms with Crippen LogP contribution >= 0.6 is 11.6 Å². The van der Waals surface area contributed by atoms with Crippen molar-refractivity contribution in [1.29, 1.82) is 0 Å². The van der Waals surface area contributed by atoms with Crippen LogP contribution in [0.25, 0.3) is 11.2 Å². The number of rotatable bonds is 8. The van der Waals surface area contributed by atoms with Crippen LogP contribution in [0.4, 0.5) is 0 Å². The van der Waals surface area contributed by atoms with Gasteiger partial charge in [-0.2, -0.15) is 4.98 Å². The lowest BCUT2D eigenvalue weighted by Crippen LogP contribution is -2.40.